The minimum atomic E-state index is 0.444. The first-order valence-corrected chi connectivity index (χ1v) is 5.21. The van der Waals surface area contributed by atoms with Crippen molar-refractivity contribution in [2.24, 2.45) is 11.3 Å². The monoisotopic (exact) mass is 179 g/mol. The molecule has 74 valence electrons. The van der Waals surface area contributed by atoms with Gasteiger partial charge >= 0.3 is 0 Å². The fourth-order valence-electron chi connectivity index (χ4n) is 2.29. The molecule has 0 aliphatic heterocycles. The largest absolute Gasteiger partial charge is 0.317 e. The highest BCUT2D eigenvalue weighted by atomic mass is 14.9. The van der Waals surface area contributed by atoms with E-state index in [-0.39, 0.29) is 0 Å². The summed E-state index contributed by atoms with van der Waals surface area (Å²) < 4.78 is 0. The predicted molar refractivity (Wildman–Crippen MR) is 57.4 cm³/mol. The summed E-state index contributed by atoms with van der Waals surface area (Å²) in [5.41, 5.74) is 0.444. The Morgan fingerprint density at radius 3 is 2.77 bits per heavy atom. The van der Waals surface area contributed by atoms with Gasteiger partial charge < -0.3 is 5.32 Å². The zero-order valence-electron chi connectivity index (χ0n) is 9.06. The van der Waals surface area contributed by atoms with Crippen molar-refractivity contribution in [3.63, 3.8) is 0 Å². The van der Waals surface area contributed by atoms with Crippen LogP contribution in [0.5, 0.6) is 0 Å². The third-order valence-corrected chi connectivity index (χ3v) is 3.58. The normalized spacial score (nSPS) is 32.5. The van der Waals surface area contributed by atoms with Gasteiger partial charge in [-0.15, -0.1) is 12.3 Å². The van der Waals surface area contributed by atoms with Crippen LogP contribution in [0.15, 0.2) is 0 Å². The Labute approximate surface area is 82.3 Å². The minimum absolute atomic E-state index is 0.444. The topological polar surface area (TPSA) is 12.0 Å². The lowest BCUT2D eigenvalue weighted by atomic mass is 9.66. The lowest BCUT2D eigenvalue weighted by Crippen LogP contribution is -2.39. The highest BCUT2D eigenvalue weighted by Crippen LogP contribution is 2.42. The molecule has 0 spiro atoms. The average Bonchev–Trinajstić information content (AvgIpc) is 2.09. The predicted octanol–water partition coefficient (Wildman–Crippen LogP) is 2.42. The van der Waals surface area contributed by atoms with E-state index in [4.69, 9.17) is 6.42 Å². The van der Waals surface area contributed by atoms with E-state index in [9.17, 15) is 0 Å². The third-order valence-electron chi connectivity index (χ3n) is 3.58. The van der Waals surface area contributed by atoms with Crippen LogP contribution in [0.25, 0.3) is 0 Å². The lowest BCUT2D eigenvalue weighted by molar-refractivity contribution is 0.119. The molecule has 1 saturated carbocycles. The van der Waals surface area contributed by atoms with Gasteiger partial charge in [0.15, 0.2) is 0 Å². The van der Waals surface area contributed by atoms with Crippen LogP contribution in [0.2, 0.25) is 0 Å². The third kappa shape index (κ3) is 2.48. The van der Waals surface area contributed by atoms with E-state index in [1.807, 2.05) is 0 Å². The molecule has 0 heterocycles. The second-order valence-electron chi connectivity index (χ2n) is 4.85. The van der Waals surface area contributed by atoms with Crippen molar-refractivity contribution in [1.82, 2.24) is 5.32 Å². The Morgan fingerprint density at radius 1 is 1.54 bits per heavy atom. The van der Waals surface area contributed by atoms with Gasteiger partial charge in [0.1, 0.15) is 0 Å². The van der Waals surface area contributed by atoms with Crippen molar-refractivity contribution >= 4 is 0 Å². The maximum atomic E-state index is 5.40. The van der Waals surface area contributed by atoms with Gasteiger partial charge in [0.2, 0.25) is 0 Å². The smallest absolute Gasteiger partial charge is 0.0120 e. The second-order valence-corrected chi connectivity index (χ2v) is 4.85. The standard InChI is InChI=1S/C12H21N/c1-5-6-10-9-11(13-4)7-8-12(10,2)3/h1,10-11,13H,6-9H2,2-4H3. The van der Waals surface area contributed by atoms with Gasteiger partial charge in [0.25, 0.3) is 0 Å². The summed E-state index contributed by atoms with van der Waals surface area (Å²) in [5.74, 6) is 3.51. The zero-order chi connectivity index (χ0) is 9.90. The fraction of sp³-hybridized carbons (Fsp3) is 0.833. The first kappa shape index (κ1) is 10.6. The van der Waals surface area contributed by atoms with Gasteiger partial charge in [0, 0.05) is 12.5 Å². The Kier molecular flexibility index (Phi) is 3.39. The molecule has 0 amide bonds. The molecule has 2 unspecified atom stereocenters. The van der Waals surface area contributed by atoms with Crippen LogP contribution in [-0.4, -0.2) is 13.1 Å². The first-order chi connectivity index (χ1) is 6.10. The van der Waals surface area contributed by atoms with Crippen LogP contribution in [0.1, 0.15) is 39.5 Å². The molecule has 0 aromatic carbocycles. The Bertz CT molecular complexity index is 200. The summed E-state index contributed by atoms with van der Waals surface area (Å²) in [6, 6.07) is 0.686. The van der Waals surface area contributed by atoms with Crippen LogP contribution in [0.4, 0.5) is 0 Å². The highest BCUT2D eigenvalue weighted by Gasteiger charge is 2.34. The molecule has 1 rings (SSSR count). The van der Waals surface area contributed by atoms with Crippen LogP contribution >= 0.6 is 0 Å². The van der Waals surface area contributed by atoms with Crippen LogP contribution < -0.4 is 5.32 Å². The highest BCUT2D eigenvalue weighted by molar-refractivity contribution is 4.96. The quantitative estimate of drug-likeness (QED) is 0.642. The number of hydrogen-bond donors (Lipinski definition) is 1. The van der Waals surface area contributed by atoms with Crippen molar-refractivity contribution in [2.45, 2.75) is 45.6 Å². The van der Waals surface area contributed by atoms with E-state index in [0.717, 1.165) is 6.42 Å². The number of hydrogen-bond acceptors (Lipinski definition) is 1. The fourth-order valence-corrected chi connectivity index (χ4v) is 2.29. The molecule has 0 aromatic rings. The molecule has 1 heteroatoms. The number of rotatable bonds is 2. The van der Waals surface area contributed by atoms with Gasteiger partial charge in [-0.1, -0.05) is 13.8 Å². The van der Waals surface area contributed by atoms with Crippen molar-refractivity contribution in [2.75, 3.05) is 7.05 Å². The maximum Gasteiger partial charge on any atom is 0.0120 e. The SMILES string of the molecule is C#CCC1CC(NC)CCC1(C)C. The Morgan fingerprint density at radius 2 is 2.23 bits per heavy atom. The molecule has 0 aromatic heterocycles. The van der Waals surface area contributed by atoms with E-state index < -0.39 is 0 Å². The lowest BCUT2D eigenvalue weighted by Gasteiger charge is -2.41. The average molecular weight is 179 g/mol. The van der Waals surface area contributed by atoms with E-state index in [1.54, 1.807) is 0 Å². The van der Waals surface area contributed by atoms with Crippen LogP contribution in [0, 0.1) is 23.7 Å². The van der Waals surface area contributed by atoms with Crippen molar-refractivity contribution in [1.29, 1.82) is 0 Å². The molecule has 1 N–H and O–H groups in total. The van der Waals surface area contributed by atoms with Gasteiger partial charge in [-0.2, -0.15) is 0 Å². The van der Waals surface area contributed by atoms with Crippen LogP contribution in [-0.2, 0) is 0 Å². The van der Waals surface area contributed by atoms with Gasteiger partial charge in [-0.3, -0.25) is 0 Å². The molecular weight excluding hydrogens is 158 g/mol. The molecule has 1 fully saturated rings. The van der Waals surface area contributed by atoms with Crippen molar-refractivity contribution in [3.8, 4) is 12.3 Å². The molecule has 2 atom stereocenters. The maximum absolute atomic E-state index is 5.40. The van der Waals surface area contributed by atoms with Gasteiger partial charge in [-0.25, -0.2) is 0 Å². The summed E-state index contributed by atoms with van der Waals surface area (Å²) in [7, 11) is 2.05. The minimum Gasteiger partial charge on any atom is -0.317 e. The summed E-state index contributed by atoms with van der Waals surface area (Å²) in [5, 5.41) is 3.36. The molecule has 0 radical (unpaired) electrons. The molecule has 0 bridgehead atoms. The molecule has 0 saturated heterocycles. The van der Waals surface area contributed by atoms with E-state index in [2.05, 4.69) is 32.1 Å². The first-order valence-electron chi connectivity index (χ1n) is 5.21. The van der Waals surface area contributed by atoms with E-state index >= 15 is 0 Å². The van der Waals surface area contributed by atoms with E-state index in [1.165, 1.54) is 19.3 Å². The summed E-state index contributed by atoms with van der Waals surface area (Å²) in [6.45, 7) is 4.70. The molecule has 1 aliphatic carbocycles. The number of terminal acetylenes is 1. The van der Waals surface area contributed by atoms with Crippen molar-refractivity contribution < 1.29 is 0 Å². The van der Waals surface area contributed by atoms with Gasteiger partial charge in [-0.05, 0) is 37.6 Å². The van der Waals surface area contributed by atoms with Gasteiger partial charge in [0.05, 0.1) is 0 Å². The molecule has 1 nitrogen and oxygen atoms in total. The summed E-state index contributed by atoms with van der Waals surface area (Å²) >= 11 is 0. The van der Waals surface area contributed by atoms with Crippen LogP contribution in [0.3, 0.4) is 0 Å². The Hall–Kier alpha value is -0.480. The summed E-state index contributed by atoms with van der Waals surface area (Å²) in [4.78, 5) is 0. The molecule has 13 heavy (non-hydrogen) atoms. The zero-order valence-corrected chi connectivity index (χ0v) is 9.06. The van der Waals surface area contributed by atoms with Crippen molar-refractivity contribution in [3.05, 3.63) is 0 Å². The van der Waals surface area contributed by atoms with E-state index in [0.29, 0.717) is 17.4 Å². The Balaban J connectivity index is 2.59. The molecular formula is C12H21N. The summed E-state index contributed by atoms with van der Waals surface area (Å²) in [6.07, 6.45) is 10.2. The second kappa shape index (κ2) is 4.15. The molecule has 1 aliphatic rings. The number of nitrogens with one attached hydrogen (secondary N) is 1.